The molecule has 78 valence electrons. The summed E-state index contributed by atoms with van der Waals surface area (Å²) in [5.41, 5.74) is 0. The van der Waals surface area contributed by atoms with Crippen molar-refractivity contribution in [1.29, 1.82) is 0 Å². The van der Waals surface area contributed by atoms with Crippen LogP contribution in [0.5, 0.6) is 0 Å². The van der Waals surface area contributed by atoms with Crippen molar-refractivity contribution in [1.82, 2.24) is 0 Å². The molecule has 0 rings (SSSR count). The van der Waals surface area contributed by atoms with E-state index in [1.165, 1.54) is 0 Å². The minimum absolute atomic E-state index is 0. The molecule has 0 heterocycles. The van der Waals surface area contributed by atoms with E-state index >= 15 is 0 Å². The second-order valence-corrected chi connectivity index (χ2v) is 3.26. The molecular weight excluding hydrogens is 286 g/mol. The summed E-state index contributed by atoms with van der Waals surface area (Å²) in [6.07, 6.45) is 0. The number of hydrogen-bond acceptors (Lipinski definition) is 4. The van der Waals surface area contributed by atoms with Crippen LogP contribution in [0, 0.1) is 0 Å². The SMILES string of the molecule is O=P(O)(O)O.O=P(O)(O)OO.[CaH2].[CaH2]. The Bertz CT molecular complexity index is 168. The van der Waals surface area contributed by atoms with Crippen LogP contribution in [0.15, 0.2) is 0 Å². The van der Waals surface area contributed by atoms with Crippen LogP contribution in [-0.2, 0) is 13.8 Å². The Morgan fingerprint density at radius 2 is 0.923 bits per heavy atom. The normalized spacial score (nSPS) is 10.0. The Kier molecular flexibility index (Phi) is 21.3. The molecule has 0 unspecified atom stereocenters. The van der Waals surface area contributed by atoms with Gasteiger partial charge in [-0.1, -0.05) is 0 Å². The molecule has 0 aliphatic carbocycles. The summed E-state index contributed by atoms with van der Waals surface area (Å²) in [5, 5.41) is 7.14. The van der Waals surface area contributed by atoms with Gasteiger partial charge in [-0.25, -0.2) is 14.4 Å². The number of phosphoric acid groups is 2. The second-order valence-electron chi connectivity index (χ2n) is 1.09. The quantitative estimate of drug-likeness (QED) is 0.126. The summed E-state index contributed by atoms with van der Waals surface area (Å²) in [6, 6.07) is 0. The average molecular weight is 296 g/mol. The third kappa shape index (κ3) is 73.0. The van der Waals surface area contributed by atoms with Gasteiger partial charge in [0.05, 0.1) is 0 Å². The molecule has 6 N–H and O–H groups in total. The van der Waals surface area contributed by atoms with Gasteiger partial charge in [0.15, 0.2) is 0 Å². The van der Waals surface area contributed by atoms with Gasteiger partial charge in [-0.15, -0.1) is 4.67 Å². The monoisotopic (exact) mass is 296 g/mol. The molecule has 0 aliphatic rings. The molecular formula is H10Ca2O9P2. The van der Waals surface area contributed by atoms with E-state index in [0.717, 1.165) is 0 Å². The van der Waals surface area contributed by atoms with Gasteiger partial charge in [0.25, 0.3) is 0 Å². The van der Waals surface area contributed by atoms with Crippen LogP contribution >= 0.6 is 15.6 Å². The van der Waals surface area contributed by atoms with Crippen molar-refractivity contribution < 1.29 is 43.5 Å². The number of hydrogen-bond donors (Lipinski definition) is 6. The summed E-state index contributed by atoms with van der Waals surface area (Å²) >= 11 is 0. The van der Waals surface area contributed by atoms with Crippen molar-refractivity contribution in [3.8, 4) is 0 Å². The van der Waals surface area contributed by atoms with Crippen molar-refractivity contribution in [3.05, 3.63) is 0 Å². The molecule has 0 fully saturated rings. The molecule has 0 radical (unpaired) electrons. The standard InChI is InChI=1S/2Ca.H3O5P.H3O4P.4H/c;;1-5-6(2,3)4;1-5(2,3)4;;;;/h;;1H,(H2,2,3,4);(H3,1,2,3,4);;;;. The number of rotatable bonds is 1. The first kappa shape index (κ1) is 24.8. The first-order valence-electron chi connectivity index (χ1n) is 1.73. The molecule has 0 aromatic carbocycles. The molecule has 0 atom stereocenters. The van der Waals surface area contributed by atoms with Gasteiger partial charge in [-0.3, -0.25) is 0 Å². The van der Waals surface area contributed by atoms with Gasteiger partial charge in [0.2, 0.25) is 0 Å². The predicted octanol–water partition coefficient (Wildman–Crippen LogP) is -3.19. The Morgan fingerprint density at radius 1 is 0.846 bits per heavy atom. The van der Waals surface area contributed by atoms with Crippen LogP contribution in [0.4, 0.5) is 0 Å². The fourth-order valence-electron chi connectivity index (χ4n) is 0. The van der Waals surface area contributed by atoms with Crippen molar-refractivity contribution in [2.75, 3.05) is 0 Å². The van der Waals surface area contributed by atoms with Crippen molar-refractivity contribution in [2.24, 2.45) is 0 Å². The van der Waals surface area contributed by atoms with Crippen LogP contribution in [0.1, 0.15) is 0 Å². The zero-order valence-electron chi connectivity index (χ0n) is 4.80. The van der Waals surface area contributed by atoms with Gasteiger partial charge in [-0.2, -0.15) is 0 Å². The maximum absolute atomic E-state index is 9.22. The van der Waals surface area contributed by atoms with Crippen molar-refractivity contribution in [3.63, 3.8) is 0 Å². The van der Waals surface area contributed by atoms with Crippen LogP contribution in [0.2, 0.25) is 0 Å². The van der Waals surface area contributed by atoms with Crippen molar-refractivity contribution in [2.45, 2.75) is 0 Å². The third-order valence-corrected chi connectivity index (χ3v) is 0.319. The first-order chi connectivity index (χ1) is 4.56. The topological polar surface area (TPSA) is 165 Å². The molecule has 0 aliphatic heterocycles. The fraction of sp³-hybridized carbons (Fsp3) is 0. The van der Waals surface area contributed by atoms with E-state index in [1.807, 2.05) is 0 Å². The van der Waals surface area contributed by atoms with Gasteiger partial charge in [-0.05, 0) is 0 Å². The zero-order chi connectivity index (χ0) is 9.71. The Morgan fingerprint density at radius 3 is 0.923 bits per heavy atom. The molecule has 0 saturated heterocycles. The molecule has 0 aromatic rings. The van der Waals surface area contributed by atoms with Gasteiger partial charge in [0, 0.05) is 0 Å². The van der Waals surface area contributed by atoms with Crippen LogP contribution in [-0.4, -0.2) is 105 Å². The molecule has 9 nitrogen and oxygen atoms in total. The molecule has 0 bridgehead atoms. The van der Waals surface area contributed by atoms with E-state index in [1.54, 1.807) is 0 Å². The van der Waals surface area contributed by atoms with E-state index in [-0.39, 0.29) is 75.5 Å². The third-order valence-electron chi connectivity index (χ3n) is 0.106. The summed E-state index contributed by atoms with van der Waals surface area (Å²) in [7, 11) is -9.23. The molecule has 0 aromatic heterocycles. The first-order valence-corrected chi connectivity index (χ1v) is 4.83. The van der Waals surface area contributed by atoms with E-state index in [9.17, 15) is 4.57 Å². The molecule has 13 heteroatoms. The molecule has 13 heavy (non-hydrogen) atoms. The van der Waals surface area contributed by atoms with Crippen LogP contribution in [0.3, 0.4) is 0 Å². The molecule has 0 saturated carbocycles. The molecule has 0 amide bonds. The maximum atomic E-state index is 9.22. The van der Waals surface area contributed by atoms with E-state index in [2.05, 4.69) is 4.67 Å². The van der Waals surface area contributed by atoms with Gasteiger partial charge in [0.1, 0.15) is 0 Å². The van der Waals surface area contributed by atoms with Gasteiger partial charge >= 0.3 is 91.1 Å². The Hall–Kier alpha value is 2.70. The summed E-state index contributed by atoms with van der Waals surface area (Å²) in [5.74, 6) is 0. The van der Waals surface area contributed by atoms with Crippen LogP contribution < -0.4 is 0 Å². The van der Waals surface area contributed by atoms with E-state index in [4.69, 9.17) is 34.3 Å². The Balaban J connectivity index is -0.0000000546. The fourth-order valence-corrected chi connectivity index (χ4v) is 0. The van der Waals surface area contributed by atoms with E-state index in [0.29, 0.717) is 0 Å². The van der Waals surface area contributed by atoms with Crippen molar-refractivity contribution >= 4 is 91.1 Å². The zero-order valence-corrected chi connectivity index (χ0v) is 6.59. The minimum atomic E-state index is -4.64. The van der Waals surface area contributed by atoms with Crippen LogP contribution in [0.25, 0.3) is 0 Å². The van der Waals surface area contributed by atoms with Gasteiger partial charge < -0.3 is 24.5 Å². The molecule has 0 spiro atoms. The Labute approximate surface area is 133 Å². The average Bonchev–Trinajstić information content (AvgIpc) is 1.59. The van der Waals surface area contributed by atoms with E-state index < -0.39 is 15.6 Å². The summed E-state index contributed by atoms with van der Waals surface area (Å²) in [4.78, 5) is 36.5. The second kappa shape index (κ2) is 11.2. The summed E-state index contributed by atoms with van der Waals surface area (Å²) < 4.78 is 20.7. The predicted molar refractivity (Wildman–Crippen MR) is 47.1 cm³/mol. The summed E-state index contributed by atoms with van der Waals surface area (Å²) in [6.45, 7) is 0.